The number of aliphatic carboxylic acids is 1. The molecule has 4 atom stereocenters. The van der Waals surface area contributed by atoms with Crippen LogP contribution in [0.2, 0.25) is 10.0 Å². The first-order valence-corrected chi connectivity index (χ1v) is 11.3. The van der Waals surface area contributed by atoms with Crippen LogP contribution < -0.4 is 0 Å². The molecule has 0 unspecified atom stereocenters. The summed E-state index contributed by atoms with van der Waals surface area (Å²) in [5.74, 6) is -1.75. The van der Waals surface area contributed by atoms with Gasteiger partial charge < -0.3 is 14.7 Å². The van der Waals surface area contributed by atoms with Crippen molar-refractivity contribution in [3.8, 4) is 6.07 Å². The van der Waals surface area contributed by atoms with Crippen LogP contribution in [0.15, 0.2) is 78.9 Å². The van der Waals surface area contributed by atoms with Gasteiger partial charge in [0.2, 0.25) is 0 Å². The van der Waals surface area contributed by atoms with Crippen molar-refractivity contribution < 1.29 is 19.4 Å². The molecule has 0 spiro atoms. The summed E-state index contributed by atoms with van der Waals surface area (Å²) < 4.78 is 6.14. The van der Waals surface area contributed by atoms with Gasteiger partial charge in [0, 0.05) is 10.0 Å². The Morgan fingerprint density at radius 3 is 2.32 bits per heavy atom. The maximum atomic E-state index is 13.7. The molecule has 0 bridgehead atoms. The smallest absolute Gasteiger partial charge is 0.306 e. The average Bonchev–Trinajstić information content (AvgIpc) is 2.83. The van der Waals surface area contributed by atoms with E-state index in [0.29, 0.717) is 26.7 Å². The van der Waals surface area contributed by atoms with E-state index < -0.39 is 42.6 Å². The lowest BCUT2D eigenvalue weighted by atomic mass is 9.89. The summed E-state index contributed by atoms with van der Waals surface area (Å²) in [5, 5.41) is 20.6. The lowest BCUT2D eigenvalue weighted by molar-refractivity contribution is -0.181. The van der Waals surface area contributed by atoms with Gasteiger partial charge in [0.25, 0.3) is 5.91 Å². The van der Waals surface area contributed by atoms with E-state index in [1.807, 2.05) is 6.07 Å². The Balaban J connectivity index is 1.92. The van der Waals surface area contributed by atoms with Crippen LogP contribution in [-0.4, -0.2) is 28.0 Å². The fourth-order valence-corrected chi connectivity index (χ4v) is 4.54. The van der Waals surface area contributed by atoms with Gasteiger partial charge in [-0.3, -0.25) is 9.59 Å². The molecule has 3 aromatic rings. The predicted octanol–water partition coefficient (Wildman–Crippen LogP) is 5.74. The zero-order chi connectivity index (χ0) is 24.2. The number of nitrogens with zero attached hydrogens (tertiary/aromatic N) is 2. The summed E-state index contributed by atoms with van der Waals surface area (Å²) in [6, 6.07) is 23.3. The molecule has 1 heterocycles. The topological polar surface area (TPSA) is 90.6 Å². The monoisotopic (exact) mass is 494 g/mol. The summed E-state index contributed by atoms with van der Waals surface area (Å²) in [7, 11) is 0. The summed E-state index contributed by atoms with van der Waals surface area (Å²) in [4.78, 5) is 26.7. The van der Waals surface area contributed by atoms with Gasteiger partial charge in [0.05, 0.1) is 18.5 Å². The van der Waals surface area contributed by atoms with Crippen molar-refractivity contribution in [1.29, 1.82) is 5.26 Å². The van der Waals surface area contributed by atoms with Crippen LogP contribution in [0.1, 0.15) is 41.3 Å². The van der Waals surface area contributed by atoms with Crippen molar-refractivity contribution >= 4 is 35.1 Å². The molecule has 1 N–H and O–H groups in total. The van der Waals surface area contributed by atoms with Crippen molar-refractivity contribution in [2.75, 3.05) is 0 Å². The van der Waals surface area contributed by atoms with Gasteiger partial charge in [-0.05, 0) is 41.0 Å². The van der Waals surface area contributed by atoms with Crippen LogP contribution in [0.3, 0.4) is 0 Å². The van der Waals surface area contributed by atoms with Gasteiger partial charge in [0.15, 0.2) is 0 Å². The minimum atomic E-state index is -1.27. The van der Waals surface area contributed by atoms with Gasteiger partial charge >= 0.3 is 5.97 Å². The number of hydrogen-bond acceptors (Lipinski definition) is 4. The average molecular weight is 495 g/mol. The van der Waals surface area contributed by atoms with Crippen molar-refractivity contribution in [3.05, 3.63) is 106 Å². The van der Waals surface area contributed by atoms with E-state index in [9.17, 15) is 20.0 Å². The highest BCUT2D eigenvalue weighted by Gasteiger charge is 2.48. The SMILES string of the molecule is N#C[C@H](c1ccccc1)N1C(=O)[C@H](CC(=O)O)O[C@@H](c2cccc(Cl)c2)[C@H]1c1ccc(Cl)cc1. The Morgan fingerprint density at radius 2 is 1.71 bits per heavy atom. The molecule has 172 valence electrons. The van der Waals surface area contributed by atoms with Crippen LogP contribution in [0.4, 0.5) is 0 Å². The Kier molecular flexibility index (Phi) is 7.18. The quantitative estimate of drug-likeness (QED) is 0.471. The fourth-order valence-electron chi connectivity index (χ4n) is 4.21. The molecule has 1 aliphatic heterocycles. The normalized spacial score (nSPS) is 21.0. The number of halogens is 2. The number of rotatable bonds is 6. The number of hydrogen-bond donors (Lipinski definition) is 1. The van der Waals surface area contributed by atoms with E-state index in [0.717, 1.165) is 0 Å². The Morgan fingerprint density at radius 1 is 1.00 bits per heavy atom. The molecule has 3 aromatic carbocycles. The van der Waals surface area contributed by atoms with E-state index in [4.69, 9.17) is 27.9 Å². The number of carbonyl (C=O) groups is 2. The van der Waals surface area contributed by atoms with Gasteiger partial charge in [-0.25, -0.2) is 0 Å². The first-order valence-electron chi connectivity index (χ1n) is 10.5. The van der Waals surface area contributed by atoms with Crippen molar-refractivity contribution in [2.24, 2.45) is 0 Å². The van der Waals surface area contributed by atoms with Gasteiger partial charge in [-0.2, -0.15) is 5.26 Å². The first-order chi connectivity index (χ1) is 16.4. The van der Waals surface area contributed by atoms with E-state index in [2.05, 4.69) is 6.07 Å². The van der Waals surface area contributed by atoms with Crippen LogP contribution in [-0.2, 0) is 14.3 Å². The van der Waals surface area contributed by atoms with Crippen molar-refractivity contribution in [2.45, 2.75) is 30.7 Å². The number of benzene rings is 3. The zero-order valence-corrected chi connectivity index (χ0v) is 19.4. The highest BCUT2D eigenvalue weighted by molar-refractivity contribution is 6.30. The highest BCUT2D eigenvalue weighted by Crippen LogP contribution is 2.46. The molecule has 4 rings (SSSR count). The number of morpholine rings is 1. The maximum absolute atomic E-state index is 13.7. The molecule has 0 saturated carbocycles. The number of carbonyl (C=O) groups excluding carboxylic acids is 1. The van der Waals surface area contributed by atoms with Crippen LogP contribution in [0.25, 0.3) is 0 Å². The van der Waals surface area contributed by atoms with Crippen LogP contribution >= 0.6 is 23.2 Å². The Labute approximate surface area is 206 Å². The fraction of sp³-hybridized carbons (Fsp3) is 0.192. The number of carboxylic acid groups (broad SMARTS) is 1. The second kappa shape index (κ2) is 10.3. The Hall–Kier alpha value is -3.37. The lowest BCUT2D eigenvalue weighted by Crippen LogP contribution is -2.52. The van der Waals surface area contributed by atoms with Gasteiger partial charge in [0.1, 0.15) is 18.2 Å². The zero-order valence-electron chi connectivity index (χ0n) is 17.8. The number of carboxylic acids is 1. The predicted molar refractivity (Wildman–Crippen MR) is 127 cm³/mol. The second-order valence-corrected chi connectivity index (χ2v) is 8.76. The van der Waals surface area contributed by atoms with Gasteiger partial charge in [-0.1, -0.05) is 77.8 Å². The van der Waals surface area contributed by atoms with E-state index in [1.165, 1.54) is 4.90 Å². The molecule has 6 nitrogen and oxygen atoms in total. The Bertz CT molecular complexity index is 1230. The standard InChI is InChI=1S/C26H20Cl2N2O4/c27-19-11-9-17(10-12-19)24-25(18-7-4-8-20(28)13-18)34-22(14-23(31)32)26(33)30(24)21(15-29)16-5-2-1-3-6-16/h1-13,21-22,24-25H,14H2,(H,31,32)/t21-,22+,24-,25+/m1/s1. The van der Waals surface area contributed by atoms with E-state index in [-0.39, 0.29) is 0 Å². The summed E-state index contributed by atoms with van der Waals surface area (Å²) in [6.07, 6.45) is -2.58. The molecule has 1 aliphatic rings. The van der Waals surface area contributed by atoms with Crippen LogP contribution in [0, 0.1) is 11.3 Å². The second-order valence-electron chi connectivity index (χ2n) is 7.88. The molecule has 0 aromatic heterocycles. The third-order valence-corrected chi connectivity index (χ3v) is 6.18. The number of ether oxygens (including phenoxy) is 1. The van der Waals surface area contributed by atoms with E-state index in [1.54, 1.807) is 72.8 Å². The summed E-state index contributed by atoms with van der Waals surface area (Å²) >= 11 is 12.4. The first kappa shape index (κ1) is 23.8. The molecule has 0 aliphatic carbocycles. The summed E-state index contributed by atoms with van der Waals surface area (Å²) in [6.45, 7) is 0. The van der Waals surface area contributed by atoms with E-state index >= 15 is 0 Å². The molecule has 0 radical (unpaired) electrons. The number of nitriles is 1. The summed E-state index contributed by atoms with van der Waals surface area (Å²) in [5.41, 5.74) is 1.95. The molecule has 8 heteroatoms. The highest BCUT2D eigenvalue weighted by atomic mass is 35.5. The molecule has 34 heavy (non-hydrogen) atoms. The van der Waals surface area contributed by atoms with Gasteiger partial charge in [-0.15, -0.1) is 0 Å². The largest absolute Gasteiger partial charge is 0.481 e. The minimum Gasteiger partial charge on any atom is -0.481 e. The third kappa shape index (κ3) is 4.92. The molecule has 1 saturated heterocycles. The third-order valence-electron chi connectivity index (χ3n) is 5.69. The molecule has 1 fully saturated rings. The molecular formula is C26H20Cl2N2O4. The number of amides is 1. The maximum Gasteiger partial charge on any atom is 0.306 e. The van der Waals surface area contributed by atoms with Crippen molar-refractivity contribution in [3.63, 3.8) is 0 Å². The minimum absolute atomic E-state index is 0.467. The van der Waals surface area contributed by atoms with Crippen LogP contribution in [0.5, 0.6) is 0 Å². The van der Waals surface area contributed by atoms with Crippen molar-refractivity contribution in [1.82, 2.24) is 4.90 Å². The lowest BCUT2D eigenvalue weighted by Gasteiger charge is -2.46. The molecular weight excluding hydrogens is 475 g/mol. The molecule has 1 amide bonds.